The van der Waals surface area contributed by atoms with Crippen molar-refractivity contribution in [3.63, 3.8) is 0 Å². The van der Waals surface area contributed by atoms with Crippen molar-refractivity contribution in [1.29, 1.82) is 0 Å². The number of ether oxygens (including phenoxy) is 1. The Bertz CT molecular complexity index is 808. The van der Waals surface area contributed by atoms with Crippen LogP contribution in [0, 0.1) is 11.7 Å². The highest BCUT2D eigenvalue weighted by atomic mass is 19.1. The lowest BCUT2D eigenvalue weighted by atomic mass is 10.1. The van der Waals surface area contributed by atoms with Gasteiger partial charge in [0.1, 0.15) is 11.6 Å². The number of likely N-dealkylation sites (tertiary alicyclic amines) is 1. The molecule has 0 radical (unpaired) electrons. The molecule has 5 nitrogen and oxygen atoms in total. The van der Waals surface area contributed by atoms with Gasteiger partial charge in [-0.2, -0.15) is 0 Å². The van der Waals surface area contributed by atoms with Crippen molar-refractivity contribution in [2.75, 3.05) is 26.7 Å². The predicted molar refractivity (Wildman–Crippen MR) is 117 cm³/mol. The minimum absolute atomic E-state index is 0.0974. The molecule has 2 aromatic rings. The van der Waals surface area contributed by atoms with Gasteiger partial charge in [-0.3, -0.25) is 0 Å². The van der Waals surface area contributed by atoms with Gasteiger partial charge < -0.3 is 19.9 Å². The third-order valence-electron chi connectivity index (χ3n) is 5.28. The molecule has 1 fully saturated rings. The average molecular weight is 414 g/mol. The van der Waals surface area contributed by atoms with E-state index in [0.29, 0.717) is 25.6 Å². The summed E-state index contributed by atoms with van der Waals surface area (Å²) in [6.45, 7) is 7.64. The molecule has 3 rings (SSSR count). The van der Waals surface area contributed by atoms with Gasteiger partial charge in [-0.15, -0.1) is 0 Å². The highest BCUT2D eigenvalue weighted by molar-refractivity contribution is 5.74. The third kappa shape index (κ3) is 6.46. The van der Waals surface area contributed by atoms with E-state index in [1.165, 1.54) is 12.1 Å². The molecule has 0 aliphatic carbocycles. The van der Waals surface area contributed by atoms with Gasteiger partial charge in [-0.25, -0.2) is 9.18 Å². The summed E-state index contributed by atoms with van der Waals surface area (Å²) in [6, 6.07) is 14.2. The first-order chi connectivity index (χ1) is 14.4. The van der Waals surface area contributed by atoms with Crippen LogP contribution in [0.1, 0.15) is 31.4 Å². The lowest BCUT2D eigenvalue weighted by Crippen LogP contribution is -2.46. The van der Waals surface area contributed by atoms with Gasteiger partial charge in [0.15, 0.2) is 0 Å². The molecule has 2 aromatic carbocycles. The summed E-state index contributed by atoms with van der Waals surface area (Å²) < 4.78 is 19.0. The Balaban J connectivity index is 1.60. The number of hydrogen-bond acceptors (Lipinski definition) is 3. The number of hydrogen-bond donors (Lipinski definition) is 1. The van der Waals surface area contributed by atoms with E-state index in [0.717, 1.165) is 36.4 Å². The van der Waals surface area contributed by atoms with Crippen molar-refractivity contribution in [2.24, 2.45) is 5.92 Å². The normalized spacial score (nSPS) is 16.6. The highest BCUT2D eigenvalue weighted by Gasteiger charge is 2.29. The lowest BCUT2D eigenvalue weighted by Gasteiger charge is -2.29. The van der Waals surface area contributed by atoms with E-state index in [1.54, 1.807) is 12.1 Å². The summed E-state index contributed by atoms with van der Waals surface area (Å²) in [4.78, 5) is 17.1. The van der Waals surface area contributed by atoms with Crippen molar-refractivity contribution in [3.05, 3.63) is 65.5 Å². The van der Waals surface area contributed by atoms with E-state index in [-0.39, 0.29) is 17.9 Å². The van der Waals surface area contributed by atoms with E-state index in [1.807, 2.05) is 29.2 Å². The number of rotatable bonds is 8. The van der Waals surface area contributed by atoms with Crippen LogP contribution in [-0.4, -0.2) is 48.6 Å². The largest absolute Gasteiger partial charge is 0.493 e. The maximum absolute atomic E-state index is 13.3. The fraction of sp³-hybridized carbons (Fsp3) is 0.458. The van der Waals surface area contributed by atoms with Gasteiger partial charge in [0, 0.05) is 25.7 Å². The van der Waals surface area contributed by atoms with Gasteiger partial charge in [-0.05, 0) is 61.3 Å². The van der Waals surface area contributed by atoms with Crippen LogP contribution in [0.4, 0.5) is 9.18 Å². The van der Waals surface area contributed by atoms with Crippen molar-refractivity contribution >= 4 is 6.03 Å². The molecule has 0 aromatic heterocycles. The maximum atomic E-state index is 13.3. The molecule has 0 spiro atoms. The van der Waals surface area contributed by atoms with Gasteiger partial charge in [0.05, 0.1) is 6.61 Å². The minimum Gasteiger partial charge on any atom is -0.493 e. The zero-order valence-corrected chi connectivity index (χ0v) is 18.1. The first-order valence-corrected chi connectivity index (χ1v) is 10.6. The van der Waals surface area contributed by atoms with Crippen molar-refractivity contribution < 1.29 is 13.9 Å². The summed E-state index contributed by atoms with van der Waals surface area (Å²) in [5.74, 6) is 1.05. The van der Waals surface area contributed by atoms with Crippen molar-refractivity contribution in [2.45, 2.75) is 39.4 Å². The quantitative estimate of drug-likeness (QED) is 0.703. The molecule has 1 aliphatic heterocycles. The first kappa shape index (κ1) is 22.1. The number of nitrogens with one attached hydrogen (secondary N) is 1. The van der Waals surface area contributed by atoms with Crippen LogP contribution in [0.2, 0.25) is 0 Å². The second-order valence-electron chi connectivity index (χ2n) is 8.47. The second kappa shape index (κ2) is 10.4. The summed E-state index contributed by atoms with van der Waals surface area (Å²) in [7, 11) is 2.07. The van der Waals surface area contributed by atoms with Gasteiger partial charge >= 0.3 is 6.03 Å². The number of urea groups is 1. The number of halogens is 1. The molecule has 0 bridgehead atoms. The maximum Gasteiger partial charge on any atom is 0.318 e. The van der Waals surface area contributed by atoms with Crippen molar-refractivity contribution in [3.8, 4) is 5.75 Å². The lowest BCUT2D eigenvalue weighted by molar-refractivity contribution is 0.170. The van der Waals surface area contributed by atoms with E-state index in [4.69, 9.17) is 4.74 Å². The summed E-state index contributed by atoms with van der Waals surface area (Å²) >= 11 is 0. The topological polar surface area (TPSA) is 44.8 Å². The van der Waals surface area contributed by atoms with E-state index < -0.39 is 0 Å². The van der Waals surface area contributed by atoms with Gasteiger partial charge in [-0.1, -0.05) is 38.1 Å². The molecule has 1 heterocycles. The molecule has 6 heteroatoms. The summed E-state index contributed by atoms with van der Waals surface area (Å²) in [5.41, 5.74) is 1.94. The van der Waals surface area contributed by atoms with Crippen LogP contribution in [0.3, 0.4) is 0 Å². The highest BCUT2D eigenvalue weighted by Crippen LogP contribution is 2.18. The fourth-order valence-corrected chi connectivity index (χ4v) is 3.57. The second-order valence-corrected chi connectivity index (χ2v) is 8.47. The predicted octanol–water partition coefficient (Wildman–Crippen LogP) is 4.28. The number of carbonyl (C=O) groups excluding carboxylic acids is 1. The van der Waals surface area contributed by atoms with Crippen LogP contribution in [0.15, 0.2) is 48.5 Å². The Morgan fingerprint density at radius 2 is 1.83 bits per heavy atom. The zero-order chi connectivity index (χ0) is 21.5. The number of nitrogens with zero attached hydrogens (tertiary/aromatic N) is 2. The number of likely N-dealkylation sites (N-methyl/N-ethyl adjacent to an activating group) is 1. The number of benzene rings is 2. The first-order valence-electron chi connectivity index (χ1n) is 10.6. The smallest absolute Gasteiger partial charge is 0.318 e. The van der Waals surface area contributed by atoms with Crippen LogP contribution in [0.5, 0.6) is 5.75 Å². The third-order valence-corrected chi connectivity index (χ3v) is 5.28. The SMILES string of the molecule is CC(C)COc1ccc(CNC(=O)N(Cc2ccc(F)cc2)C2CCN(C)C2)cc1. The minimum atomic E-state index is -0.267. The van der Waals surface area contributed by atoms with E-state index in [2.05, 4.69) is 31.1 Å². The zero-order valence-electron chi connectivity index (χ0n) is 18.1. The summed E-state index contributed by atoms with van der Waals surface area (Å²) in [5, 5.41) is 3.05. The van der Waals surface area contributed by atoms with E-state index >= 15 is 0 Å². The van der Waals surface area contributed by atoms with Crippen LogP contribution >= 0.6 is 0 Å². The molecule has 1 aliphatic rings. The Labute approximate surface area is 178 Å². The molecule has 162 valence electrons. The average Bonchev–Trinajstić information content (AvgIpc) is 3.16. The fourth-order valence-electron chi connectivity index (χ4n) is 3.57. The Morgan fingerprint density at radius 1 is 1.17 bits per heavy atom. The molecule has 1 unspecified atom stereocenters. The molecule has 1 N–H and O–H groups in total. The number of carbonyl (C=O) groups is 1. The molecule has 2 amide bonds. The molecular weight excluding hydrogens is 381 g/mol. The monoisotopic (exact) mass is 413 g/mol. The Hall–Kier alpha value is -2.60. The Kier molecular flexibility index (Phi) is 7.69. The van der Waals surface area contributed by atoms with Crippen LogP contribution in [0.25, 0.3) is 0 Å². The Morgan fingerprint density at radius 3 is 2.43 bits per heavy atom. The molecule has 1 atom stereocenters. The number of amides is 2. The van der Waals surface area contributed by atoms with Gasteiger partial charge in [0.25, 0.3) is 0 Å². The van der Waals surface area contributed by atoms with Gasteiger partial charge in [0.2, 0.25) is 0 Å². The molecule has 0 saturated carbocycles. The summed E-state index contributed by atoms with van der Waals surface area (Å²) in [6.07, 6.45) is 0.938. The van der Waals surface area contributed by atoms with Crippen LogP contribution < -0.4 is 10.1 Å². The molecule has 1 saturated heterocycles. The van der Waals surface area contributed by atoms with E-state index in [9.17, 15) is 9.18 Å². The van der Waals surface area contributed by atoms with Crippen molar-refractivity contribution in [1.82, 2.24) is 15.1 Å². The molecule has 30 heavy (non-hydrogen) atoms. The van der Waals surface area contributed by atoms with Crippen LogP contribution in [-0.2, 0) is 13.1 Å². The standard InChI is InChI=1S/C24H32FN3O2/c1-18(2)17-30-23-10-6-19(7-11-23)14-26-24(29)28(22-12-13-27(3)16-22)15-20-4-8-21(25)9-5-20/h4-11,18,22H,12-17H2,1-3H3,(H,26,29). The molecular formula is C24H32FN3O2.